The van der Waals surface area contributed by atoms with E-state index < -0.39 is 0 Å². The second-order valence-electron chi connectivity index (χ2n) is 5.82. The highest BCUT2D eigenvalue weighted by atomic mass is 32.2. The fourth-order valence-corrected chi connectivity index (χ4v) is 3.91. The lowest BCUT2D eigenvalue weighted by molar-refractivity contribution is 0.0951. The number of ether oxygens (including phenoxy) is 1. The van der Waals surface area contributed by atoms with Gasteiger partial charge in [0.1, 0.15) is 5.75 Å². The second-order valence-corrected chi connectivity index (χ2v) is 6.97. The van der Waals surface area contributed by atoms with Gasteiger partial charge >= 0.3 is 0 Å². The molecule has 1 saturated heterocycles. The predicted octanol–water partition coefficient (Wildman–Crippen LogP) is 2.83. The highest BCUT2D eigenvalue weighted by Gasteiger charge is 2.15. The lowest BCUT2D eigenvalue weighted by Crippen LogP contribution is -2.26. The molecule has 7 heteroatoms. The van der Waals surface area contributed by atoms with Gasteiger partial charge in [0.25, 0.3) is 5.91 Å². The van der Waals surface area contributed by atoms with Gasteiger partial charge in [-0.1, -0.05) is 11.2 Å². The molecule has 0 bridgehead atoms. The summed E-state index contributed by atoms with van der Waals surface area (Å²) < 4.78 is 10.5. The predicted molar refractivity (Wildman–Crippen MR) is 92.2 cm³/mol. The molecule has 1 fully saturated rings. The van der Waals surface area contributed by atoms with Gasteiger partial charge in [-0.25, -0.2) is 0 Å². The SMILES string of the molecule is Cc1nc(COc2cccc(C(=O)NCCC3CCSC3)c2)no1. The minimum absolute atomic E-state index is 0.0681. The van der Waals surface area contributed by atoms with Crippen molar-refractivity contribution in [3.05, 3.63) is 41.5 Å². The molecule has 1 aliphatic heterocycles. The van der Waals surface area contributed by atoms with Crippen LogP contribution < -0.4 is 10.1 Å². The zero-order valence-electron chi connectivity index (χ0n) is 13.7. The molecule has 1 unspecified atom stereocenters. The number of hydrogen-bond donors (Lipinski definition) is 1. The maximum Gasteiger partial charge on any atom is 0.251 e. The summed E-state index contributed by atoms with van der Waals surface area (Å²) in [7, 11) is 0. The Morgan fingerprint density at radius 2 is 2.42 bits per heavy atom. The zero-order valence-corrected chi connectivity index (χ0v) is 14.5. The Hall–Kier alpha value is -2.02. The van der Waals surface area contributed by atoms with E-state index in [9.17, 15) is 4.79 Å². The Morgan fingerprint density at radius 1 is 1.50 bits per heavy atom. The van der Waals surface area contributed by atoms with E-state index in [1.165, 1.54) is 17.9 Å². The third-order valence-electron chi connectivity index (χ3n) is 3.90. The first-order valence-electron chi connectivity index (χ1n) is 8.09. The lowest BCUT2D eigenvalue weighted by atomic mass is 10.1. The Bertz CT molecular complexity index is 683. The van der Waals surface area contributed by atoms with Crippen LogP contribution in [0.5, 0.6) is 5.75 Å². The first-order chi connectivity index (χ1) is 11.7. The van der Waals surface area contributed by atoms with E-state index in [0.29, 0.717) is 23.0 Å². The first-order valence-corrected chi connectivity index (χ1v) is 9.24. The Morgan fingerprint density at radius 3 is 3.17 bits per heavy atom. The number of amides is 1. The molecule has 1 aromatic heterocycles. The quantitative estimate of drug-likeness (QED) is 0.830. The van der Waals surface area contributed by atoms with Gasteiger partial charge in [0, 0.05) is 19.0 Å². The van der Waals surface area contributed by atoms with Crippen LogP contribution in [-0.4, -0.2) is 34.1 Å². The van der Waals surface area contributed by atoms with Crippen LogP contribution in [0.2, 0.25) is 0 Å². The van der Waals surface area contributed by atoms with E-state index in [1.54, 1.807) is 31.2 Å². The van der Waals surface area contributed by atoms with Crippen molar-refractivity contribution in [2.45, 2.75) is 26.4 Å². The van der Waals surface area contributed by atoms with Gasteiger partial charge in [-0.05, 0) is 48.5 Å². The third-order valence-corrected chi connectivity index (χ3v) is 5.13. The molecule has 0 radical (unpaired) electrons. The number of carbonyl (C=O) groups is 1. The molecule has 3 rings (SSSR count). The van der Waals surface area contributed by atoms with Crippen molar-refractivity contribution in [2.75, 3.05) is 18.1 Å². The normalized spacial score (nSPS) is 17.0. The van der Waals surface area contributed by atoms with Crippen molar-refractivity contribution < 1.29 is 14.1 Å². The monoisotopic (exact) mass is 347 g/mol. The molecule has 2 aromatic rings. The molecule has 1 aliphatic rings. The molecular formula is C17H21N3O3S. The average Bonchev–Trinajstić information content (AvgIpc) is 3.25. The number of thioether (sulfide) groups is 1. The highest BCUT2D eigenvalue weighted by molar-refractivity contribution is 7.99. The standard InChI is InChI=1S/C17H21N3O3S/c1-12-19-16(20-23-12)10-22-15-4-2-3-14(9-15)17(21)18-7-5-13-6-8-24-11-13/h2-4,9,13H,5-8,10-11H2,1H3,(H,18,21). The fraction of sp³-hybridized carbons (Fsp3) is 0.471. The van der Waals surface area contributed by atoms with Gasteiger partial charge in [0.15, 0.2) is 6.61 Å². The molecule has 1 atom stereocenters. The van der Waals surface area contributed by atoms with Crippen LogP contribution in [0.15, 0.2) is 28.8 Å². The number of aromatic nitrogens is 2. The summed E-state index contributed by atoms with van der Waals surface area (Å²) in [6.45, 7) is 2.66. The van der Waals surface area contributed by atoms with Crippen LogP contribution in [0.4, 0.5) is 0 Å². The Kier molecular flexibility index (Phi) is 5.74. The zero-order chi connectivity index (χ0) is 16.8. The van der Waals surface area contributed by atoms with Crippen molar-refractivity contribution >= 4 is 17.7 Å². The number of nitrogens with zero attached hydrogens (tertiary/aromatic N) is 2. The topological polar surface area (TPSA) is 77.2 Å². The molecule has 24 heavy (non-hydrogen) atoms. The molecule has 128 valence electrons. The van der Waals surface area contributed by atoms with Gasteiger partial charge < -0.3 is 14.6 Å². The molecule has 2 heterocycles. The largest absolute Gasteiger partial charge is 0.485 e. The third kappa shape index (κ3) is 4.74. The first kappa shape index (κ1) is 16.8. The number of rotatable bonds is 7. The second kappa shape index (κ2) is 8.19. The van der Waals surface area contributed by atoms with Crippen molar-refractivity contribution in [3.63, 3.8) is 0 Å². The van der Waals surface area contributed by atoms with Crippen LogP contribution >= 0.6 is 11.8 Å². The number of aryl methyl sites for hydroxylation is 1. The fourth-order valence-electron chi connectivity index (χ4n) is 2.58. The molecule has 6 nitrogen and oxygen atoms in total. The summed E-state index contributed by atoms with van der Waals surface area (Å²) in [5.41, 5.74) is 0.595. The number of carbonyl (C=O) groups excluding carboxylic acids is 1. The van der Waals surface area contributed by atoms with E-state index in [4.69, 9.17) is 9.26 Å². The van der Waals surface area contributed by atoms with Crippen molar-refractivity contribution in [3.8, 4) is 5.75 Å². The molecule has 0 aliphatic carbocycles. The van der Waals surface area contributed by atoms with Crippen molar-refractivity contribution in [2.24, 2.45) is 5.92 Å². The van der Waals surface area contributed by atoms with Gasteiger partial charge in [-0.15, -0.1) is 0 Å². The van der Waals surface area contributed by atoms with Crippen LogP contribution in [0, 0.1) is 12.8 Å². The molecule has 1 N–H and O–H groups in total. The van der Waals surface area contributed by atoms with Crippen molar-refractivity contribution in [1.29, 1.82) is 0 Å². The highest BCUT2D eigenvalue weighted by Crippen LogP contribution is 2.25. The summed E-state index contributed by atoms with van der Waals surface area (Å²) in [6, 6.07) is 7.12. The summed E-state index contributed by atoms with van der Waals surface area (Å²) in [4.78, 5) is 16.3. The number of hydrogen-bond acceptors (Lipinski definition) is 6. The molecule has 0 saturated carbocycles. The number of benzene rings is 1. The Balaban J connectivity index is 1.48. The van der Waals surface area contributed by atoms with Crippen LogP contribution in [0.25, 0.3) is 0 Å². The van der Waals surface area contributed by atoms with E-state index in [2.05, 4.69) is 15.5 Å². The molecule has 0 spiro atoms. The summed E-state index contributed by atoms with van der Waals surface area (Å²) in [5.74, 6) is 4.73. The van der Waals surface area contributed by atoms with E-state index in [-0.39, 0.29) is 12.5 Å². The number of nitrogens with one attached hydrogen (secondary N) is 1. The smallest absolute Gasteiger partial charge is 0.251 e. The summed E-state index contributed by atoms with van der Waals surface area (Å²) in [6.07, 6.45) is 2.31. The Labute approximate surface area is 145 Å². The minimum atomic E-state index is -0.0681. The van der Waals surface area contributed by atoms with Gasteiger partial charge in [-0.2, -0.15) is 16.7 Å². The van der Waals surface area contributed by atoms with E-state index >= 15 is 0 Å². The van der Waals surface area contributed by atoms with Crippen LogP contribution in [0.1, 0.15) is 34.9 Å². The molecular weight excluding hydrogens is 326 g/mol. The van der Waals surface area contributed by atoms with Gasteiger partial charge in [0.05, 0.1) is 0 Å². The molecule has 1 aromatic carbocycles. The van der Waals surface area contributed by atoms with Crippen molar-refractivity contribution in [1.82, 2.24) is 15.5 Å². The van der Waals surface area contributed by atoms with Gasteiger partial charge in [0.2, 0.25) is 11.7 Å². The average molecular weight is 347 g/mol. The van der Waals surface area contributed by atoms with Crippen LogP contribution in [-0.2, 0) is 6.61 Å². The maximum atomic E-state index is 12.2. The minimum Gasteiger partial charge on any atom is -0.485 e. The molecule has 1 amide bonds. The summed E-state index contributed by atoms with van der Waals surface area (Å²) >= 11 is 2.00. The van der Waals surface area contributed by atoms with E-state index in [0.717, 1.165) is 18.9 Å². The summed E-state index contributed by atoms with van der Waals surface area (Å²) in [5, 5.41) is 6.76. The van der Waals surface area contributed by atoms with Gasteiger partial charge in [-0.3, -0.25) is 4.79 Å². The lowest BCUT2D eigenvalue weighted by Gasteiger charge is -2.10. The van der Waals surface area contributed by atoms with E-state index in [1.807, 2.05) is 11.8 Å². The maximum absolute atomic E-state index is 12.2. The van der Waals surface area contributed by atoms with Crippen LogP contribution in [0.3, 0.4) is 0 Å².